The van der Waals surface area contributed by atoms with Crippen molar-refractivity contribution in [2.75, 3.05) is 7.11 Å². The Morgan fingerprint density at radius 2 is 2.20 bits per heavy atom. The quantitative estimate of drug-likeness (QED) is 0.446. The van der Waals surface area contributed by atoms with Gasteiger partial charge in [0.1, 0.15) is 10.8 Å². The first-order valence-electron chi connectivity index (χ1n) is 3.69. The van der Waals surface area contributed by atoms with Gasteiger partial charge in [0.05, 0.1) is 23.7 Å². The van der Waals surface area contributed by atoms with Crippen LogP contribution in [0.4, 0.5) is 10.1 Å². The summed E-state index contributed by atoms with van der Waals surface area (Å²) in [5.74, 6) is -1.85. The SMILES string of the molecule is COC(=O)c1cc(F)cc([N+](=O)[O-])c1Cl. The third-order valence-electron chi connectivity index (χ3n) is 1.62. The fourth-order valence-electron chi connectivity index (χ4n) is 0.966. The van der Waals surface area contributed by atoms with E-state index in [1.165, 1.54) is 0 Å². The molecule has 0 aliphatic heterocycles. The summed E-state index contributed by atoms with van der Waals surface area (Å²) in [6, 6.07) is 1.41. The molecular formula is C8H5ClFNO4. The average Bonchev–Trinajstić information content (AvgIpc) is 2.19. The number of hydrogen-bond donors (Lipinski definition) is 0. The van der Waals surface area contributed by atoms with Gasteiger partial charge in [0, 0.05) is 0 Å². The molecule has 0 aliphatic rings. The number of ether oxygens (including phenoxy) is 1. The minimum atomic E-state index is -0.928. The molecule has 0 aliphatic carbocycles. The van der Waals surface area contributed by atoms with Gasteiger partial charge < -0.3 is 4.74 Å². The molecule has 80 valence electrons. The lowest BCUT2D eigenvalue weighted by molar-refractivity contribution is -0.384. The van der Waals surface area contributed by atoms with E-state index in [-0.39, 0.29) is 5.56 Å². The Morgan fingerprint density at radius 3 is 2.67 bits per heavy atom. The maximum absolute atomic E-state index is 12.9. The number of hydrogen-bond acceptors (Lipinski definition) is 4. The first-order valence-corrected chi connectivity index (χ1v) is 4.07. The van der Waals surface area contributed by atoms with E-state index < -0.39 is 27.4 Å². The van der Waals surface area contributed by atoms with Crippen LogP contribution in [0.1, 0.15) is 10.4 Å². The number of halogens is 2. The monoisotopic (exact) mass is 233 g/mol. The van der Waals surface area contributed by atoms with E-state index in [0.29, 0.717) is 6.07 Å². The van der Waals surface area contributed by atoms with Gasteiger partial charge in [-0.1, -0.05) is 11.6 Å². The summed E-state index contributed by atoms with van der Waals surface area (Å²) < 4.78 is 17.2. The van der Waals surface area contributed by atoms with Crippen LogP contribution in [-0.2, 0) is 4.74 Å². The van der Waals surface area contributed by atoms with Crippen LogP contribution in [-0.4, -0.2) is 18.0 Å². The molecule has 15 heavy (non-hydrogen) atoms. The number of nitro groups is 1. The molecule has 0 N–H and O–H groups in total. The first-order chi connectivity index (χ1) is 6.97. The highest BCUT2D eigenvalue weighted by molar-refractivity contribution is 6.35. The summed E-state index contributed by atoms with van der Waals surface area (Å²) >= 11 is 5.54. The first kappa shape index (κ1) is 11.4. The van der Waals surface area contributed by atoms with Gasteiger partial charge in [-0.3, -0.25) is 10.1 Å². The molecule has 1 aromatic carbocycles. The van der Waals surface area contributed by atoms with Crippen molar-refractivity contribution in [3.63, 3.8) is 0 Å². The molecule has 1 aromatic rings. The van der Waals surface area contributed by atoms with E-state index in [9.17, 15) is 19.3 Å². The van der Waals surface area contributed by atoms with E-state index in [1.54, 1.807) is 0 Å². The molecule has 0 radical (unpaired) electrons. The van der Waals surface area contributed by atoms with Crippen LogP contribution in [0.2, 0.25) is 5.02 Å². The molecule has 0 heterocycles. The number of methoxy groups -OCH3 is 1. The van der Waals surface area contributed by atoms with Crippen LogP contribution < -0.4 is 0 Å². The van der Waals surface area contributed by atoms with Gasteiger partial charge >= 0.3 is 5.97 Å². The molecule has 0 unspecified atom stereocenters. The summed E-state index contributed by atoms with van der Waals surface area (Å²) in [4.78, 5) is 20.6. The minimum Gasteiger partial charge on any atom is -0.465 e. The highest BCUT2D eigenvalue weighted by Gasteiger charge is 2.22. The molecule has 0 fully saturated rings. The van der Waals surface area contributed by atoms with Crippen LogP contribution in [0.25, 0.3) is 0 Å². The van der Waals surface area contributed by atoms with Crippen molar-refractivity contribution in [3.05, 3.63) is 38.7 Å². The number of carbonyl (C=O) groups is 1. The zero-order chi connectivity index (χ0) is 11.6. The minimum absolute atomic E-state index is 0.370. The zero-order valence-electron chi connectivity index (χ0n) is 7.49. The predicted molar refractivity (Wildman–Crippen MR) is 49.4 cm³/mol. The van der Waals surface area contributed by atoms with Crippen molar-refractivity contribution in [1.29, 1.82) is 0 Å². The largest absolute Gasteiger partial charge is 0.465 e. The van der Waals surface area contributed by atoms with Gasteiger partial charge in [-0.25, -0.2) is 9.18 Å². The Labute approximate surface area is 88.6 Å². The Kier molecular flexibility index (Phi) is 3.21. The lowest BCUT2D eigenvalue weighted by atomic mass is 10.2. The molecule has 1 rings (SSSR count). The summed E-state index contributed by atoms with van der Waals surface area (Å²) in [5.41, 5.74) is -1.04. The summed E-state index contributed by atoms with van der Waals surface area (Å²) in [7, 11) is 1.06. The highest BCUT2D eigenvalue weighted by atomic mass is 35.5. The Hall–Kier alpha value is -1.69. The maximum atomic E-state index is 12.9. The third-order valence-corrected chi connectivity index (χ3v) is 2.02. The number of esters is 1. The lowest BCUT2D eigenvalue weighted by Gasteiger charge is -2.02. The van der Waals surface area contributed by atoms with Crippen LogP contribution in [0.3, 0.4) is 0 Å². The molecule has 5 nitrogen and oxygen atoms in total. The third kappa shape index (κ3) is 2.21. The second-order valence-corrected chi connectivity index (χ2v) is 2.91. The van der Waals surface area contributed by atoms with Crippen molar-refractivity contribution in [2.45, 2.75) is 0 Å². The standard InChI is InChI=1S/C8H5ClFNO4/c1-15-8(12)5-2-4(10)3-6(7(5)9)11(13)14/h2-3H,1H3. The predicted octanol–water partition coefficient (Wildman–Crippen LogP) is 2.17. The number of nitro benzene ring substituents is 1. The van der Waals surface area contributed by atoms with Crippen molar-refractivity contribution >= 4 is 23.3 Å². The molecule has 7 heteroatoms. The molecule has 0 aromatic heterocycles. The van der Waals surface area contributed by atoms with Gasteiger partial charge in [-0.15, -0.1) is 0 Å². The maximum Gasteiger partial charge on any atom is 0.339 e. The van der Waals surface area contributed by atoms with Crippen LogP contribution in [0.5, 0.6) is 0 Å². The van der Waals surface area contributed by atoms with Crippen molar-refractivity contribution < 1.29 is 18.8 Å². The molecule has 0 saturated heterocycles. The van der Waals surface area contributed by atoms with Gasteiger partial charge in [0.2, 0.25) is 0 Å². The Balaban J connectivity index is 3.41. The van der Waals surface area contributed by atoms with Gasteiger partial charge in [0.15, 0.2) is 0 Å². The molecule has 0 bridgehead atoms. The zero-order valence-corrected chi connectivity index (χ0v) is 8.25. The fourth-order valence-corrected chi connectivity index (χ4v) is 1.22. The molecule has 0 saturated carbocycles. The summed E-state index contributed by atoms with van der Waals surface area (Å²) in [6.07, 6.45) is 0. The lowest BCUT2D eigenvalue weighted by Crippen LogP contribution is -2.04. The average molecular weight is 234 g/mol. The van der Waals surface area contributed by atoms with E-state index in [0.717, 1.165) is 13.2 Å². The Morgan fingerprint density at radius 1 is 1.60 bits per heavy atom. The molecular weight excluding hydrogens is 229 g/mol. The molecule has 0 amide bonds. The smallest absolute Gasteiger partial charge is 0.339 e. The van der Waals surface area contributed by atoms with Crippen LogP contribution >= 0.6 is 11.6 Å². The van der Waals surface area contributed by atoms with E-state index in [4.69, 9.17) is 11.6 Å². The fraction of sp³-hybridized carbons (Fsp3) is 0.125. The van der Waals surface area contributed by atoms with E-state index >= 15 is 0 Å². The van der Waals surface area contributed by atoms with Crippen molar-refractivity contribution in [2.24, 2.45) is 0 Å². The number of nitrogens with zero attached hydrogens (tertiary/aromatic N) is 1. The van der Waals surface area contributed by atoms with E-state index in [2.05, 4.69) is 4.74 Å². The van der Waals surface area contributed by atoms with Gasteiger partial charge in [0.25, 0.3) is 5.69 Å². The van der Waals surface area contributed by atoms with Gasteiger partial charge in [-0.2, -0.15) is 0 Å². The number of carbonyl (C=O) groups excluding carboxylic acids is 1. The van der Waals surface area contributed by atoms with Crippen molar-refractivity contribution in [1.82, 2.24) is 0 Å². The number of benzene rings is 1. The summed E-state index contributed by atoms with van der Waals surface area (Å²) in [6.45, 7) is 0. The molecule has 0 atom stereocenters. The van der Waals surface area contributed by atoms with Crippen LogP contribution in [0.15, 0.2) is 12.1 Å². The normalized spacial score (nSPS) is 9.80. The summed E-state index contributed by atoms with van der Waals surface area (Å²) in [5, 5.41) is 10.0. The number of rotatable bonds is 2. The second kappa shape index (κ2) is 4.22. The van der Waals surface area contributed by atoms with Gasteiger partial charge in [-0.05, 0) is 6.07 Å². The van der Waals surface area contributed by atoms with Crippen molar-refractivity contribution in [3.8, 4) is 0 Å². The highest BCUT2D eigenvalue weighted by Crippen LogP contribution is 2.29. The second-order valence-electron chi connectivity index (χ2n) is 2.54. The topological polar surface area (TPSA) is 69.4 Å². The van der Waals surface area contributed by atoms with Crippen LogP contribution in [0, 0.1) is 15.9 Å². The molecule has 0 spiro atoms. The Bertz CT molecular complexity index is 435. The van der Waals surface area contributed by atoms with E-state index in [1.807, 2.05) is 0 Å².